The van der Waals surface area contributed by atoms with E-state index in [1.807, 2.05) is 18.2 Å². The number of H-pyrrole nitrogens is 1. The zero-order valence-electron chi connectivity index (χ0n) is 18.6. The molecule has 0 saturated heterocycles. The van der Waals surface area contributed by atoms with E-state index in [-0.39, 0.29) is 11.8 Å². The molecular weight excluding hydrogens is 436 g/mol. The molecule has 11 nitrogen and oxygen atoms in total. The van der Waals surface area contributed by atoms with Gasteiger partial charge in [0, 0.05) is 30.8 Å². The van der Waals surface area contributed by atoms with E-state index in [0.717, 1.165) is 21.5 Å². The number of rotatable bonds is 9. The highest BCUT2D eigenvalue weighted by atomic mass is 16.5. The third-order valence-electron chi connectivity index (χ3n) is 5.03. The summed E-state index contributed by atoms with van der Waals surface area (Å²) in [5.74, 6) is 1.12. The number of methoxy groups -OCH3 is 2. The molecule has 5 N–H and O–H groups in total. The van der Waals surface area contributed by atoms with Gasteiger partial charge < -0.3 is 20.5 Å². The molecule has 0 aliphatic rings. The fourth-order valence-electron chi connectivity index (χ4n) is 3.45. The van der Waals surface area contributed by atoms with Crippen molar-refractivity contribution in [1.29, 1.82) is 5.41 Å². The number of nitrogen functional groups attached to an aromatic ring is 1. The summed E-state index contributed by atoms with van der Waals surface area (Å²) in [5, 5.41) is 15.5. The second kappa shape index (κ2) is 9.96. The van der Waals surface area contributed by atoms with Crippen molar-refractivity contribution in [3.8, 4) is 11.7 Å². The van der Waals surface area contributed by atoms with Crippen LogP contribution in [0.5, 0.6) is 5.75 Å². The van der Waals surface area contributed by atoms with Crippen molar-refractivity contribution in [3.05, 3.63) is 93.9 Å². The summed E-state index contributed by atoms with van der Waals surface area (Å²) < 4.78 is 11.9. The number of nitrogens with one attached hydrogen (secondary N) is 3. The molecule has 0 fully saturated rings. The van der Waals surface area contributed by atoms with Crippen molar-refractivity contribution >= 4 is 11.5 Å². The highest BCUT2D eigenvalue weighted by Crippen LogP contribution is 2.29. The number of anilines is 1. The van der Waals surface area contributed by atoms with Crippen LogP contribution >= 0.6 is 0 Å². The van der Waals surface area contributed by atoms with E-state index in [1.54, 1.807) is 44.6 Å². The summed E-state index contributed by atoms with van der Waals surface area (Å²) >= 11 is 0. The molecule has 2 heterocycles. The molecule has 174 valence electrons. The summed E-state index contributed by atoms with van der Waals surface area (Å²) in [6.07, 6.45) is 3.07. The lowest BCUT2D eigenvalue weighted by Gasteiger charge is -2.20. The van der Waals surface area contributed by atoms with Crippen LogP contribution in [0, 0.1) is 5.41 Å². The molecule has 0 bridgehead atoms. The number of ether oxygens (including phenoxy) is 2. The van der Waals surface area contributed by atoms with Gasteiger partial charge in [0.1, 0.15) is 17.6 Å². The maximum atomic E-state index is 12.7. The first-order valence-electron chi connectivity index (χ1n) is 10.3. The highest BCUT2D eigenvalue weighted by Gasteiger charge is 2.22. The van der Waals surface area contributed by atoms with Crippen LogP contribution in [0.15, 0.2) is 65.7 Å². The number of benzene rings is 2. The summed E-state index contributed by atoms with van der Waals surface area (Å²) in [4.78, 5) is 23.7. The Balaban J connectivity index is 1.80. The Morgan fingerprint density at radius 2 is 1.91 bits per heavy atom. The zero-order chi connectivity index (χ0) is 24.1. The second-order valence-corrected chi connectivity index (χ2v) is 7.39. The van der Waals surface area contributed by atoms with Crippen LogP contribution in [-0.4, -0.2) is 44.8 Å². The number of hydrogen-bond donors (Lipinski definition) is 4. The van der Waals surface area contributed by atoms with E-state index in [9.17, 15) is 4.79 Å². The molecule has 0 aliphatic heterocycles. The molecule has 0 amide bonds. The Bertz CT molecular complexity index is 1330. The van der Waals surface area contributed by atoms with Gasteiger partial charge in [0.15, 0.2) is 5.82 Å². The maximum Gasteiger partial charge on any atom is 0.350 e. The molecule has 0 saturated carbocycles. The molecule has 1 atom stereocenters. The fraction of sp³-hybridized carbons (Fsp3) is 0.174. The largest absolute Gasteiger partial charge is 0.497 e. The van der Waals surface area contributed by atoms with Crippen LogP contribution in [0.3, 0.4) is 0 Å². The van der Waals surface area contributed by atoms with Crippen LogP contribution < -0.4 is 21.5 Å². The van der Waals surface area contributed by atoms with Crippen LogP contribution in [0.4, 0.5) is 5.69 Å². The molecule has 11 heteroatoms. The number of amidine groups is 1. The first-order chi connectivity index (χ1) is 16.5. The van der Waals surface area contributed by atoms with Crippen molar-refractivity contribution in [3.63, 3.8) is 0 Å². The molecule has 2 aromatic heterocycles. The van der Waals surface area contributed by atoms with E-state index < -0.39 is 11.7 Å². The number of nitrogens with zero attached hydrogens (tertiary/aromatic N) is 4. The van der Waals surface area contributed by atoms with Gasteiger partial charge in [-0.1, -0.05) is 6.07 Å². The molecule has 4 rings (SSSR count). The van der Waals surface area contributed by atoms with Crippen molar-refractivity contribution < 1.29 is 9.47 Å². The first-order valence-corrected chi connectivity index (χ1v) is 10.3. The fourth-order valence-corrected chi connectivity index (χ4v) is 3.45. The minimum absolute atomic E-state index is 0.0222. The molecule has 0 aliphatic carbocycles. The van der Waals surface area contributed by atoms with Crippen LogP contribution in [0.2, 0.25) is 0 Å². The minimum atomic E-state index is -0.563. The van der Waals surface area contributed by atoms with Crippen LogP contribution in [0.25, 0.3) is 5.95 Å². The summed E-state index contributed by atoms with van der Waals surface area (Å²) in [5.41, 5.74) is 8.12. The molecular formula is C23H24N8O3. The third-order valence-corrected chi connectivity index (χ3v) is 5.03. The summed E-state index contributed by atoms with van der Waals surface area (Å²) in [6.45, 7) is 0.382. The predicted molar refractivity (Wildman–Crippen MR) is 126 cm³/mol. The lowest BCUT2D eigenvalue weighted by atomic mass is 10.0. The van der Waals surface area contributed by atoms with E-state index in [2.05, 4.69) is 25.4 Å². The smallest absolute Gasteiger partial charge is 0.350 e. The highest BCUT2D eigenvalue weighted by molar-refractivity contribution is 5.95. The molecule has 0 radical (unpaired) electrons. The van der Waals surface area contributed by atoms with Crippen molar-refractivity contribution in [1.82, 2.24) is 24.7 Å². The number of aromatic nitrogens is 5. The van der Waals surface area contributed by atoms with Crippen molar-refractivity contribution in [2.75, 3.05) is 19.5 Å². The summed E-state index contributed by atoms with van der Waals surface area (Å²) in [7, 11) is 3.20. The van der Waals surface area contributed by atoms with Gasteiger partial charge in [0.05, 0.1) is 13.7 Å². The van der Waals surface area contributed by atoms with E-state index in [4.69, 9.17) is 20.6 Å². The van der Waals surface area contributed by atoms with Crippen LogP contribution in [0.1, 0.15) is 28.6 Å². The second-order valence-electron chi connectivity index (χ2n) is 7.39. The van der Waals surface area contributed by atoms with Gasteiger partial charge in [0.25, 0.3) is 5.95 Å². The zero-order valence-corrected chi connectivity index (χ0v) is 18.6. The quantitative estimate of drug-likeness (QED) is 0.218. The maximum absolute atomic E-state index is 12.7. The number of nitrogens with two attached hydrogens (primary N) is 1. The van der Waals surface area contributed by atoms with E-state index in [1.165, 1.54) is 12.4 Å². The number of hydrogen-bond acceptors (Lipinski definition) is 8. The average molecular weight is 460 g/mol. The Labute approximate surface area is 195 Å². The number of aromatic amines is 1. The average Bonchev–Trinajstić information content (AvgIpc) is 3.24. The third kappa shape index (κ3) is 4.94. The van der Waals surface area contributed by atoms with Gasteiger partial charge in [-0.15, -0.1) is 9.78 Å². The molecule has 0 spiro atoms. The Hall–Kier alpha value is -4.51. The normalized spacial score (nSPS) is 11.7. The van der Waals surface area contributed by atoms with Gasteiger partial charge in [-0.2, -0.15) is 0 Å². The standard InChI is InChI=1S/C23H24N8O3/c1-33-13-14-10-16(12-18(11-14)34-2)19(28-17-6-4-15(5-7-17)20(24)25)21-29-23(32)31(30-21)22-26-8-3-9-27-22/h3-12,19,28H,13H2,1-2H3,(H3,24,25)(H,29,30,32). The topological polar surface area (TPSA) is 157 Å². The monoisotopic (exact) mass is 460 g/mol. The molecule has 2 aromatic carbocycles. The predicted octanol–water partition coefficient (Wildman–Crippen LogP) is 1.99. The first kappa shape index (κ1) is 22.7. The van der Waals surface area contributed by atoms with Crippen LogP contribution in [-0.2, 0) is 11.3 Å². The van der Waals surface area contributed by atoms with Gasteiger partial charge >= 0.3 is 5.69 Å². The van der Waals surface area contributed by atoms with Gasteiger partial charge in [-0.3, -0.25) is 10.4 Å². The van der Waals surface area contributed by atoms with Gasteiger partial charge in [0.2, 0.25) is 0 Å². The Morgan fingerprint density at radius 3 is 2.56 bits per heavy atom. The minimum Gasteiger partial charge on any atom is -0.497 e. The molecule has 34 heavy (non-hydrogen) atoms. The lowest BCUT2D eigenvalue weighted by molar-refractivity contribution is 0.184. The van der Waals surface area contributed by atoms with E-state index in [0.29, 0.717) is 23.7 Å². The summed E-state index contributed by atoms with van der Waals surface area (Å²) in [6, 6.07) is 13.9. The Morgan fingerprint density at radius 1 is 1.18 bits per heavy atom. The molecule has 1 unspecified atom stereocenters. The van der Waals surface area contributed by atoms with E-state index >= 15 is 0 Å². The SMILES string of the molecule is COCc1cc(OC)cc(C(Nc2ccc(C(=N)N)cc2)c2nn(-c3ncccn3)c(=O)[nH]2)c1. The van der Waals surface area contributed by atoms with Crippen molar-refractivity contribution in [2.24, 2.45) is 5.73 Å². The van der Waals surface area contributed by atoms with Gasteiger partial charge in [-0.25, -0.2) is 14.8 Å². The lowest BCUT2D eigenvalue weighted by Crippen LogP contribution is -2.18. The van der Waals surface area contributed by atoms with Gasteiger partial charge in [-0.05, 0) is 53.6 Å². The Kier molecular flexibility index (Phi) is 6.64. The van der Waals surface area contributed by atoms with Crippen molar-refractivity contribution in [2.45, 2.75) is 12.6 Å². The molecule has 4 aromatic rings.